The molecule has 1 aliphatic heterocycles. The summed E-state index contributed by atoms with van der Waals surface area (Å²) in [5, 5.41) is 16.6. The molecular weight excluding hydrogens is 334 g/mol. The number of aromatic hydroxyl groups is 1. The molecule has 3 N–H and O–H groups in total. The van der Waals surface area contributed by atoms with E-state index in [1.807, 2.05) is 27.7 Å². The maximum Gasteiger partial charge on any atom is 0.258 e. The lowest BCUT2D eigenvalue weighted by molar-refractivity contribution is -0.124. The van der Waals surface area contributed by atoms with Crippen LogP contribution in [-0.2, 0) is 4.79 Å². The van der Waals surface area contributed by atoms with Gasteiger partial charge in [0.2, 0.25) is 5.91 Å². The van der Waals surface area contributed by atoms with Crippen LogP contribution >= 0.6 is 0 Å². The quantitative estimate of drug-likeness (QED) is 0.738. The van der Waals surface area contributed by atoms with Crippen molar-refractivity contribution in [1.82, 2.24) is 15.5 Å². The van der Waals surface area contributed by atoms with Crippen LogP contribution in [0.1, 0.15) is 44.5 Å². The molecule has 7 heteroatoms. The Labute approximate surface area is 154 Å². The van der Waals surface area contributed by atoms with Crippen LogP contribution in [0.2, 0.25) is 0 Å². The van der Waals surface area contributed by atoms with Crippen LogP contribution in [-0.4, -0.2) is 59.6 Å². The molecule has 0 radical (unpaired) electrons. The Balaban J connectivity index is 2.30. The van der Waals surface area contributed by atoms with Gasteiger partial charge < -0.3 is 25.4 Å². The molecule has 7 nitrogen and oxygen atoms in total. The first-order valence-electron chi connectivity index (χ1n) is 8.90. The van der Waals surface area contributed by atoms with Crippen molar-refractivity contribution in [3.05, 3.63) is 23.8 Å². The number of carbonyl (C=O) groups is 2. The summed E-state index contributed by atoms with van der Waals surface area (Å²) in [4.78, 5) is 27.1. The Kier molecular flexibility index (Phi) is 6.13. The van der Waals surface area contributed by atoms with Gasteiger partial charge in [-0.1, -0.05) is 6.07 Å². The number of methoxy groups -OCH3 is 1. The Bertz CT molecular complexity index is 669. The van der Waals surface area contributed by atoms with Crippen LogP contribution in [0.25, 0.3) is 0 Å². The standard InChI is InChI=1S/C19H29N3O4/c1-6-20-17(24)14-10-12(21-19(2,3)4)11-22(14)18(25)13-8-7-9-15(26-5)16(13)23/h7-9,12,14,21,23H,6,10-11H2,1-5H3,(H,20,24)/t12-,14+/m1/s1. The van der Waals surface area contributed by atoms with Crippen LogP contribution in [0.15, 0.2) is 18.2 Å². The SMILES string of the molecule is CCNC(=O)[C@@H]1C[C@@H](NC(C)(C)C)CN1C(=O)c1cccc(OC)c1O. The Hall–Kier alpha value is -2.28. The van der Waals surface area contributed by atoms with Crippen molar-refractivity contribution < 1.29 is 19.4 Å². The van der Waals surface area contributed by atoms with Crippen LogP contribution in [0.4, 0.5) is 0 Å². The average Bonchev–Trinajstić information content (AvgIpc) is 2.96. The van der Waals surface area contributed by atoms with Gasteiger partial charge in [0, 0.05) is 24.7 Å². The number of hydrogen-bond acceptors (Lipinski definition) is 5. The number of nitrogens with one attached hydrogen (secondary N) is 2. The van der Waals surface area contributed by atoms with E-state index in [0.717, 1.165) is 0 Å². The summed E-state index contributed by atoms with van der Waals surface area (Å²) in [7, 11) is 1.43. The van der Waals surface area contributed by atoms with Crippen LogP contribution < -0.4 is 15.4 Å². The first-order chi connectivity index (χ1) is 12.2. The summed E-state index contributed by atoms with van der Waals surface area (Å²) in [5.74, 6) is -0.534. The van der Waals surface area contributed by atoms with Gasteiger partial charge in [-0.05, 0) is 46.2 Å². The molecule has 0 saturated carbocycles. The number of amides is 2. The molecule has 0 spiro atoms. The molecule has 26 heavy (non-hydrogen) atoms. The smallest absolute Gasteiger partial charge is 0.258 e. The van der Waals surface area contributed by atoms with Crippen molar-refractivity contribution in [3.8, 4) is 11.5 Å². The van der Waals surface area contributed by atoms with E-state index in [9.17, 15) is 14.7 Å². The maximum absolute atomic E-state index is 13.1. The molecule has 1 fully saturated rings. The third kappa shape index (κ3) is 4.46. The van der Waals surface area contributed by atoms with Gasteiger partial charge in [0.1, 0.15) is 6.04 Å². The predicted octanol–water partition coefficient (Wildman–Crippen LogP) is 1.51. The zero-order chi connectivity index (χ0) is 19.5. The minimum atomic E-state index is -0.576. The highest BCUT2D eigenvalue weighted by Crippen LogP contribution is 2.32. The highest BCUT2D eigenvalue weighted by Gasteiger charge is 2.41. The monoisotopic (exact) mass is 363 g/mol. The summed E-state index contributed by atoms with van der Waals surface area (Å²) in [6, 6.07) is 4.20. The fourth-order valence-corrected chi connectivity index (χ4v) is 3.33. The first kappa shape index (κ1) is 20.0. The van der Waals surface area contributed by atoms with Gasteiger partial charge in [0.15, 0.2) is 11.5 Å². The van der Waals surface area contributed by atoms with Gasteiger partial charge in [0.05, 0.1) is 12.7 Å². The molecule has 1 heterocycles. The number of phenols is 1. The van der Waals surface area contributed by atoms with Crippen LogP contribution in [0, 0.1) is 0 Å². The fraction of sp³-hybridized carbons (Fsp3) is 0.579. The summed E-state index contributed by atoms with van der Waals surface area (Å²) in [5.41, 5.74) is 0.00298. The van der Waals surface area contributed by atoms with Crippen LogP contribution in [0.3, 0.4) is 0 Å². The Morgan fingerprint density at radius 1 is 1.35 bits per heavy atom. The summed E-state index contributed by atoms with van der Waals surface area (Å²) in [6.07, 6.45) is 0.527. The molecule has 1 saturated heterocycles. The number of phenolic OH excluding ortho intramolecular Hbond substituents is 1. The highest BCUT2D eigenvalue weighted by atomic mass is 16.5. The van der Waals surface area contributed by atoms with Crippen molar-refractivity contribution in [2.45, 2.75) is 51.7 Å². The molecule has 1 aliphatic rings. The van der Waals surface area contributed by atoms with Gasteiger partial charge in [0.25, 0.3) is 5.91 Å². The van der Waals surface area contributed by atoms with Crippen molar-refractivity contribution in [3.63, 3.8) is 0 Å². The minimum absolute atomic E-state index is 0.000642. The van der Waals surface area contributed by atoms with Gasteiger partial charge in [-0.2, -0.15) is 0 Å². The topological polar surface area (TPSA) is 90.9 Å². The van der Waals surface area contributed by atoms with Crippen molar-refractivity contribution in [2.75, 3.05) is 20.2 Å². The van der Waals surface area contributed by atoms with E-state index < -0.39 is 6.04 Å². The van der Waals surface area contributed by atoms with E-state index in [2.05, 4.69) is 10.6 Å². The van der Waals surface area contributed by atoms with Crippen molar-refractivity contribution >= 4 is 11.8 Å². The molecule has 1 aromatic carbocycles. The molecule has 1 aromatic rings. The normalized spacial score (nSPS) is 20.1. The highest BCUT2D eigenvalue weighted by molar-refractivity contribution is 6.00. The molecule has 0 unspecified atom stereocenters. The lowest BCUT2D eigenvalue weighted by Crippen LogP contribution is -2.46. The number of nitrogens with zero attached hydrogens (tertiary/aromatic N) is 1. The van der Waals surface area contributed by atoms with E-state index in [4.69, 9.17) is 4.74 Å². The molecule has 144 valence electrons. The molecule has 2 amide bonds. The minimum Gasteiger partial charge on any atom is -0.504 e. The summed E-state index contributed by atoms with van der Waals surface area (Å²) >= 11 is 0. The number of benzene rings is 1. The molecule has 0 aliphatic carbocycles. The number of hydrogen-bond donors (Lipinski definition) is 3. The third-order valence-corrected chi connectivity index (χ3v) is 4.30. The summed E-state index contributed by atoms with van der Waals surface area (Å²) < 4.78 is 5.09. The van der Waals surface area contributed by atoms with E-state index in [0.29, 0.717) is 19.5 Å². The van der Waals surface area contributed by atoms with E-state index in [1.54, 1.807) is 18.2 Å². The molecule has 2 rings (SSSR count). The lowest BCUT2D eigenvalue weighted by atomic mass is 10.1. The molecular formula is C19H29N3O4. The largest absolute Gasteiger partial charge is 0.504 e. The molecule has 0 aromatic heterocycles. The van der Waals surface area contributed by atoms with E-state index >= 15 is 0 Å². The number of likely N-dealkylation sites (tertiary alicyclic amines) is 1. The van der Waals surface area contributed by atoms with Gasteiger partial charge in [-0.25, -0.2) is 0 Å². The number of rotatable bonds is 5. The van der Waals surface area contributed by atoms with E-state index in [1.165, 1.54) is 12.0 Å². The van der Waals surface area contributed by atoms with Crippen LogP contribution in [0.5, 0.6) is 11.5 Å². The first-order valence-corrected chi connectivity index (χ1v) is 8.90. The second-order valence-corrected chi connectivity index (χ2v) is 7.55. The van der Waals surface area contributed by atoms with Gasteiger partial charge in [-0.3, -0.25) is 9.59 Å². The number of carbonyl (C=O) groups excluding carboxylic acids is 2. The van der Waals surface area contributed by atoms with Gasteiger partial charge in [-0.15, -0.1) is 0 Å². The van der Waals surface area contributed by atoms with Crippen molar-refractivity contribution in [2.24, 2.45) is 0 Å². The second kappa shape index (κ2) is 7.95. The number of likely N-dealkylation sites (N-methyl/N-ethyl adjacent to an activating group) is 1. The average molecular weight is 363 g/mol. The number of ether oxygens (including phenoxy) is 1. The molecule has 0 bridgehead atoms. The van der Waals surface area contributed by atoms with Crippen molar-refractivity contribution in [1.29, 1.82) is 0 Å². The Morgan fingerprint density at radius 2 is 2.04 bits per heavy atom. The lowest BCUT2D eigenvalue weighted by Gasteiger charge is -2.26. The predicted molar refractivity (Wildman–Crippen MR) is 99.5 cm³/mol. The zero-order valence-corrected chi connectivity index (χ0v) is 16.1. The van der Waals surface area contributed by atoms with Gasteiger partial charge >= 0.3 is 0 Å². The molecule has 2 atom stereocenters. The third-order valence-electron chi connectivity index (χ3n) is 4.30. The summed E-state index contributed by atoms with van der Waals surface area (Å²) in [6.45, 7) is 8.89. The second-order valence-electron chi connectivity index (χ2n) is 7.55. The fourth-order valence-electron chi connectivity index (χ4n) is 3.33. The number of para-hydroxylation sites is 1. The van der Waals surface area contributed by atoms with E-state index in [-0.39, 0.29) is 40.5 Å². The zero-order valence-electron chi connectivity index (χ0n) is 16.1. The maximum atomic E-state index is 13.1. The Morgan fingerprint density at radius 3 is 2.62 bits per heavy atom.